The van der Waals surface area contributed by atoms with Crippen molar-refractivity contribution in [1.82, 2.24) is 4.90 Å². The van der Waals surface area contributed by atoms with E-state index in [0.29, 0.717) is 17.3 Å². The van der Waals surface area contributed by atoms with Crippen LogP contribution in [0.4, 0.5) is 10.5 Å². The van der Waals surface area contributed by atoms with Crippen LogP contribution in [0.1, 0.15) is 36.8 Å². The number of halogens is 1. The molecule has 4 rings (SSSR count). The van der Waals surface area contributed by atoms with Crippen LogP contribution in [0.5, 0.6) is 0 Å². The Labute approximate surface area is 164 Å². The van der Waals surface area contributed by atoms with E-state index in [1.54, 1.807) is 0 Å². The van der Waals surface area contributed by atoms with Crippen LogP contribution in [0.3, 0.4) is 0 Å². The predicted molar refractivity (Wildman–Crippen MR) is 107 cm³/mol. The van der Waals surface area contributed by atoms with Gasteiger partial charge in [-0.1, -0.05) is 60.8 Å². The number of para-hydroxylation sites is 1. The number of nitrogens with zero attached hydrogens (tertiary/aromatic N) is 2. The highest BCUT2D eigenvalue weighted by Crippen LogP contribution is 2.38. The number of imide groups is 1. The SMILES string of the molecule is Cc1ccccc1N1C(=O)C2CCCCC2N(Cc2ccccc2Cl)C1=O. The summed E-state index contributed by atoms with van der Waals surface area (Å²) in [5.74, 6) is -0.201. The highest BCUT2D eigenvalue weighted by molar-refractivity contribution is 6.31. The summed E-state index contributed by atoms with van der Waals surface area (Å²) in [5, 5.41) is 0.650. The fraction of sp³-hybridized carbons (Fsp3) is 0.364. The Hall–Kier alpha value is -2.33. The van der Waals surface area contributed by atoms with Gasteiger partial charge < -0.3 is 4.90 Å². The lowest BCUT2D eigenvalue weighted by molar-refractivity contribution is -0.126. The summed E-state index contributed by atoms with van der Waals surface area (Å²) in [6.07, 6.45) is 3.78. The van der Waals surface area contributed by atoms with Crippen molar-refractivity contribution in [3.05, 3.63) is 64.7 Å². The molecule has 2 aromatic carbocycles. The van der Waals surface area contributed by atoms with Gasteiger partial charge in [0.05, 0.1) is 11.6 Å². The minimum Gasteiger partial charge on any atom is -0.316 e. The minimum atomic E-state index is -0.239. The van der Waals surface area contributed by atoms with Gasteiger partial charge in [0.1, 0.15) is 0 Å². The molecule has 27 heavy (non-hydrogen) atoms. The third-order valence-corrected chi connectivity index (χ3v) is 6.13. The lowest BCUT2D eigenvalue weighted by Gasteiger charge is -2.47. The van der Waals surface area contributed by atoms with Crippen molar-refractivity contribution in [3.63, 3.8) is 0 Å². The molecule has 2 fully saturated rings. The fourth-order valence-corrected chi connectivity index (χ4v) is 4.53. The summed E-state index contributed by atoms with van der Waals surface area (Å²) >= 11 is 6.36. The second-order valence-electron chi connectivity index (χ2n) is 7.42. The van der Waals surface area contributed by atoms with Gasteiger partial charge in [-0.25, -0.2) is 9.69 Å². The van der Waals surface area contributed by atoms with Crippen molar-refractivity contribution in [2.45, 2.75) is 45.2 Å². The average molecular weight is 383 g/mol. The van der Waals surface area contributed by atoms with Gasteiger partial charge in [-0.3, -0.25) is 4.79 Å². The summed E-state index contributed by atoms with van der Waals surface area (Å²) in [7, 11) is 0. The molecule has 2 atom stereocenters. The molecule has 5 heteroatoms. The van der Waals surface area contributed by atoms with Crippen molar-refractivity contribution in [2.75, 3.05) is 4.90 Å². The first kappa shape index (κ1) is 18.1. The molecule has 1 saturated carbocycles. The van der Waals surface area contributed by atoms with Gasteiger partial charge in [0.2, 0.25) is 5.91 Å². The molecule has 2 unspecified atom stereocenters. The number of carbonyl (C=O) groups is 2. The largest absolute Gasteiger partial charge is 0.331 e. The molecule has 1 heterocycles. The highest BCUT2D eigenvalue weighted by Gasteiger charge is 2.47. The van der Waals surface area contributed by atoms with Crippen LogP contribution in [0.25, 0.3) is 0 Å². The summed E-state index contributed by atoms with van der Waals surface area (Å²) in [6.45, 7) is 2.36. The smallest absolute Gasteiger partial charge is 0.316 e. The predicted octanol–water partition coefficient (Wildman–Crippen LogP) is 5.18. The van der Waals surface area contributed by atoms with Crippen LogP contribution in [-0.2, 0) is 11.3 Å². The maximum atomic E-state index is 13.4. The average Bonchev–Trinajstić information content (AvgIpc) is 2.68. The van der Waals surface area contributed by atoms with E-state index < -0.39 is 0 Å². The molecule has 0 N–H and O–H groups in total. The normalized spacial score (nSPS) is 22.7. The van der Waals surface area contributed by atoms with E-state index in [-0.39, 0.29) is 23.9 Å². The van der Waals surface area contributed by atoms with Crippen LogP contribution in [0.15, 0.2) is 48.5 Å². The maximum Gasteiger partial charge on any atom is 0.331 e. The minimum absolute atomic E-state index is 0.0460. The number of fused-ring (bicyclic) bond motifs is 1. The van der Waals surface area contributed by atoms with Gasteiger partial charge in [0, 0.05) is 17.6 Å². The summed E-state index contributed by atoms with van der Waals surface area (Å²) in [4.78, 5) is 29.9. The number of benzene rings is 2. The topological polar surface area (TPSA) is 40.6 Å². The number of urea groups is 1. The maximum absolute atomic E-state index is 13.4. The lowest BCUT2D eigenvalue weighted by Crippen LogP contribution is -2.62. The van der Waals surface area contributed by atoms with Crippen molar-refractivity contribution in [2.24, 2.45) is 5.92 Å². The van der Waals surface area contributed by atoms with E-state index in [2.05, 4.69) is 0 Å². The first-order chi connectivity index (χ1) is 13.1. The molecule has 140 valence electrons. The number of aryl methyl sites for hydroxylation is 1. The van der Waals surface area contributed by atoms with Gasteiger partial charge >= 0.3 is 6.03 Å². The Kier molecular flexibility index (Phi) is 4.92. The number of hydrogen-bond donors (Lipinski definition) is 0. The number of carbonyl (C=O) groups excluding carboxylic acids is 2. The van der Waals surface area contributed by atoms with Crippen LogP contribution in [0.2, 0.25) is 5.02 Å². The molecule has 3 amide bonds. The van der Waals surface area contributed by atoms with Crippen molar-refractivity contribution in [3.8, 4) is 0 Å². The number of rotatable bonds is 3. The molecule has 4 nitrogen and oxygen atoms in total. The van der Waals surface area contributed by atoms with E-state index in [1.807, 2.05) is 60.4 Å². The Morgan fingerprint density at radius 1 is 1.00 bits per heavy atom. The van der Waals surface area contributed by atoms with Crippen molar-refractivity contribution < 1.29 is 9.59 Å². The molecule has 1 saturated heterocycles. The zero-order valence-electron chi connectivity index (χ0n) is 15.4. The van der Waals surface area contributed by atoms with Crippen molar-refractivity contribution in [1.29, 1.82) is 0 Å². The fourth-order valence-electron chi connectivity index (χ4n) is 4.33. The third kappa shape index (κ3) is 3.23. The van der Waals surface area contributed by atoms with Crippen LogP contribution < -0.4 is 4.90 Å². The van der Waals surface area contributed by atoms with E-state index in [0.717, 1.165) is 36.8 Å². The number of anilines is 1. The molecular formula is C22H23ClN2O2. The van der Waals surface area contributed by atoms with Gasteiger partial charge in [-0.05, 0) is 43.0 Å². The van der Waals surface area contributed by atoms with Crippen LogP contribution >= 0.6 is 11.6 Å². The summed E-state index contributed by atoms with van der Waals surface area (Å²) < 4.78 is 0. The molecule has 1 aliphatic carbocycles. The summed E-state index contributed by atoms with van der Waals surface area (Å²) in [6, 6.07) is 14.9. The molecule has 0 radical (unpaired) electrons. The van der Waals surface area contributed by atoms with Crippen molar-refractivity contribution >= 4 is 29.2 Å². The third-order valence-electron chi connectivity index (χ3n) is 5.76. The monoisotopic (exact) mass is 382 g/mol. The van der Waals surface area contributed by atoms with Gasteiger partial charge in [-0.2, -0.15) is 0 Å². The molecule has 2 aromatic rings. The second kappa shape index (κ2) is 7.35. The first-order valence-electron chi connectivity index (χ1n) is 9.51. The zero-order chi connectivity index (χ0) is 19.0. The molecule has 0 bridgehead atoms. The van der Waals surface area contributed by atoms with Gasteiger partial charge in [0.25, 0.3) is 0 Å². The molecular weight excluding hydrogens is 360 g/mol. The number of hydrogen-bond acceptors (Lipinski definition) is 2. The Morgan fingerprint density at radius 2 is 1.70 bits per heavy atom. The van der Waals surface area contributed by atoms with E-state index in [9.17, 15) is 9.59 Å². The van der Waals surface area contributed by atoms with E-state index >= 15 is 0 Å². The van der Waals surface area contributed by atoms with E-state index in [1.165, 1.54) is 4.90 Å². The highest BCUT2D eigenvalue weighted by atomic mass is 35.5. The van der Waals surface area contributed by atoms with Gasteiger partial charge in [0.15, 0.2) is 0 Å². The summed E-state index contributed by atoms with van der Waals surface area (Å²) in [5.41, 5.74) is 2.52. The van der Waals surface area contributed by atoms with Crippen LogP contribution in [0, 0.1) is 12.8 Å². The van der Waals surface area contributed by atoms with Gasteiger partial charge in [-0.15, -0.1) is 0 Å². The molecule has 0 spiro atoms. The zero-order valence-corrected chi connectivity index (χ0v) is 16.2. The second-order valence-corrected chi connectivity index (χ2v) is 7.83. The Balaban J connectivity index is 1.74. The molecule has 0 aromatic heterocycles. The number of amides is 3. The molecule has 2 aliphatic rings. The quantitative estimate of drug-likeness (QED) is 0.734. The first-order valence-corrected chi connectivity index (χ1v) is 9.89. The van der Waals surface area contributed by atoms with Crippen LogP contribution in [-0.4, -0.2) is 22.9 Å². The Morgan fingerprint density at radius 3 is 2.48 bits per heavy atom. The van der Waals surface area contributed by atoms with E-state index in [4.69, 9.17) is 11.6 Å². The lowest BCUT2D eigenvalue weighted by atomic mass is 9.80. The Bertz CT molecular complexity index is 882. The standard InChI is InChI=1S/C22H23ClN2O2/c1-15-8-2-6-12-19(15)25-21(26)17-10-4-7-13-20(17)24(22(25)27)14-16-9-3-5-11-18(16)23/h2-3,5-6,8-9,11-12,17,20H,4,7,10,13-14H2,1H3. The molecule has 1 aliphatic heterocycles.